The lowest BCUT2D eigenvalue weighted by atomic mass is 10.1. The molecule has 0 bridgehead atoms. The zero-order chi connectivity index (χ0) is 15.5. The van der Waals surface area contributed by atoms with Crippen LogP contribution in [0.5, 0.6) is 0 Å². The minimum absolute atomic E-state index is 0.491. The van der Waals surface area contributed by atoms with E-state index < -0.39 is 0 Å². The van der Waals surface area contributed by atoms with Crippen LogP contribution < -0.4 is 0 Å². The van der Waals surface area contributed by atoms with Crippen molar-refractivity contribution in [2.45, 2.75) is 31.8 Å². The molecule has 1 aliphatic rings. The number of likely N-dealkylation sites (tertiary alicyclic amines) is 1. The molecule has 0 aliphatic carbocycles. The Morgan fingerprint density at radius 2 is 2.13 bits per heavy atom. The summed E-state index contributed by atoms with van der Waals surface area (Å²) < 4.78 is 5.46. The minimum Gasteiger partial charge on any atom is -0.338 e. The number of hydrogen-bond donors (Lipinski definition) is 0. The van der Waals surface area contributed by atoms with E-state index in [0.29, 0.717) is 6.04 Å². The molecule has 0 saturated carbocycles. The van der Waals surface area contributed by atoms with Crippen molar-refractivity contribution >= 4 is 11.3 Å². The average Bonchev–Trinajstić information content (AvgIpc) is 3.30. The monoisotopic (exact) mass is 325 g/mol. The maximum atomic E-state index is 5.46. The molecule has 23 heavy (non-hydrogen) atoms. The lowest BCUT2D eigenvalue weighted by Gasteiger charge is -2.21. The van der Waals surface area contributed by atoms with Crippen molar-refractivity contribution in [1.29, 1.82) is 0 Å². The van der Waals surface area contributed by atoms with Gasteiger partial charge >= 0.3 is 0 Å². The predicted octanol–water partition coefficient (Wildman–Crippen LogP) is 4.06. The van der Waals surface area contributed by atoms with Gasteiger partial charge in [0.05, 0.1) is 6.54 Å². The molecule has 118 valence electrons. The van der Waals surface area contributed by atoms with Crippen LogP contribution in [0.4, 0.5) is 0 Å². The Morgan fingerprint density at radius 3 is 2.96 bits per heavy atom. The molecule has 3 aromatic rings. The Labute approximate surface area is 139 Å². The largest absolute Gasteiger partial charge is 0.338 e. The molecular formula is C18H19N3OS. The van der Waals surface area contributed by atoms with Crippen molar-refractivity contribution in [2.24, 2.45) is 0 Å². The number of nitrogens with zero attached hydrogens (tertiary/aromatic N) is 3. The van der Waals surface area contributed by atoms with Crippen LogP contribution in [-0.4, -0.2) is 21.6 Å². The maximum Gasteiger partial charge on any atom is 0.240 e. The van der Waals surface area contributed by atoms with Crippen molar-refractivity contribution in [3.05, 3.63) is 70.0 Å². The molecule has 1 aliphatic heterocycles. The van der Waals surface area contributed by atoms with E-state index in [1.165, 1.54) is 24.0 Å². The van der Waals surface area contributed by atoms with E-state index >= 15 is 0 Å². The minimum atomic E-state index is 0.491. The molecule has 1 atom stereocenters. The van der Waals surface area contributed by atoms with E-state index in [1.54, 1.807) is 11.3 Å². The zero-order valence-corrected chi connectivity index (χ0v) is 13.7. The second-order valence-corrected chi connectivity index (χ2v) is 6.73. The first-order valence-corrected chi connectivity index (χ1v) is 8.94. The molecule has 0 N–H and O–H groups in total. The Kier molecular flexibility index (Phi) is 4.22. The van der Waals surface area contributed by atoms with Gasteiger partial charge in [0, 0.05) is 12.5 Å². The van der Waals surface area contributed by atoms with Gasteiger partial charge in [0.2, 0.25) is 5.89 Å². The zero-order valence-electron chi connectivity index (χ0n) is 12.9. The van der Waals surface area contributed by atoms with Crippen LogP contribution in [0.1, 0.15) is 41.7 Å². The van der Waals surface area contributed by atoms with Crippen LogP contribution in [0, 0.1) is 0 Å². The molecule has 0 radical (unpaired) electrons. The third kappa shape index (κ3) is 3.35. The fourth-order valence-electron chi connectivity index (χ4n) is 3.24. The highest BCUT2D eigenvalue weighted by molar-refractivity contribution is 7.07. The highest BCUT2D eigenvalue weighted by Crippen LogP contribution is 2.33. The summed E-state index contributed by atoms with van der Waals surface area (Å²) in [6.07, 6.45) is 3.16. The molecule has 0 spiro atoms. The third-order valence-electron chi connectivity index (χ3n) is 4.35. The summed E-state index contributed by atoms with van der Waals surface area (Å²) in [6.45, 7) is 1.83. The molecule has 5 heteroatoms. The fraction of sp³-hybridized carbons (Fsp3) is 0.333. The Hall–Kier alpha value is -1.98. The van der Waals surface area contributed by atoms with E-state index in [0.717, 1.165) is 31.2 Å². The highest BCUT2D eigenvalue weighted by atomic mass is 32.1. The van der Waals surface area contributed by atoms with Crippen molar-refractivity contribution in [2.75, 3.05) is 6.54 Å². The quantitative estimate of drug-likeness (QED) is 0.709. The summed E-state index contributed by atoms with van der Waals surface area (Å²) >= 11 is 1.76. The fourth-order valence-corrected chi connectivity index (χ4v) is 3.94. The molecule has 1 unspecified atom stereocenters. The summed E-state index contributed by atoms with van der Waals surface area (Å²) in [4.78, 5) is 7.01. The molecule has 1 saturated heterocycles. The van der Waals surface area contributed by atoms with Crippen LogP contribution in [0.15, 0.2) is 51.7 Å². The van der Waals surface area contributed by atoms with E-state index in [4.69, 9.17) is 4.52 Å². The van der Waals surface area contributed by atoms with Crippen molar-refractivity contribution in [3.63, 3.8) is 0 Å². The molecule has 1 fully saturated rings. The summed E-state index contributed by atoms with van der Waals surface area (Å²) in [5.41, 5.74) is 2.62. The summed E-state index contributed by atoms with van der Waals surface area (Å²) in [5.74, 6) is 1.48. The average molecular weight is 325 g/mol. The van der Waals surface area contributed by atoms with Gasteiger partial charge in [-0.05, 0) is 47.3 Å². The maximum absolute atomic E-state index is 5.46. The number of aromatic nitrogens is 2. The molecular weight excluding hydrogens is 306 g/mol. The Bertz CT molecular complexity index is 739. The summed E-state index contributed by atoms with van der Waals surface area (Å²) in [7, 11) is 0. The second kappa shape index (κ2) is 6.64. The molecule has 4 nitrogen and oxygen atoms in total. The van der Waals surface area contributed by atoms with Crippen LogP contribution in [0.2, 0.25) is 0 Å². The van der Waals surface area contributed by atoms with Gasteiger partial charge in [-0.15, -0.1) is 0 Å². The van der Waals surface area contributed by atoms with E-state index in [1.807, 2.05) is 18.2 Å². The number of benzene rings is 1. The lowest BCUT2D eigenvalue weighted by molar-refractivity contribution is 0.212. The molecule has 1 aromatic carbocycles. The van der Waals surface area contributed by atoms with Gasteiger partial charge in [0.25, 0.3) is 0 Å². The molecule has 0 amide bonds. The van der Waals surface area contributed by atoms with Gasteiger partial charge in [-0.1, -0.05) is 35.5 Å². The van der Waals surface area contributed by atoms with Crippen molar-refractivity contribution < 1.29 is 4.52 Å². The van der Waals surface area contributed by atoms with E-state index in [-0.39, 0.29) is 0 Å². The third-order valence-corrected chi connectivity index (χ3v) is 5.05. The summed E-state index contributed by atoms with van der Waals surface area (Å²) in [5, 5.41) is 8.53. The first-order valence-electron chi connectivity index (χ1n) is 8.00. The van der Waals surface area contributed by atoms with Crippen LogP contribution in [0.25, 0.3) is 0 Å². The Morgan fingerprint density at radius 1 is 1.22 bits per heavy atom. The number of hydrogen-bond acceptors (Lipinski definition) is 5. The number of rotatable bonds is 5. The normalized spacial score (nSPS) is 18.5. The van der Waals surface area contributed by atoms with Crippen LogP contribution in [-0.2, 0) is 13.0 Å². The predicted molar refractivity (Wildman–Crippen MR) is 90.3 cm³/mol. The van der Waals surface area contributed by atoms with Gasteiger partial charge in [-0.2, -0.15) is 16.3 Å². The van der Waals surface area contributed by atoms with Crippen molar-refractivity contribution in [3.8, 4) is 0 Å². The van der Waals surface area contributed by atoms with E-state index in [2.05, 4.69) is 44.0 Å². The standard InChI is InChI=1S/C18H19N3OS/c1-2-5-14(6-3-1)11-17-19-18(22-20-17)12-21-9-4-7-16(21)15-8-10-23-13-15/h1-3,5-6,8,10,13,16H,4,7,9,11-12H2. The van der Waals surface area contributed by atoms with Gasteiger partial charge in [0.15, 0.2) is 5.82 Å². The molecule has 3 heterocycles. The van der Waals surface area contributed by atoms with Gasteiger partial charge in [-0.3, -0.25) is 4.90 Å². The van der Waals surface area contributed by atoms with Crippen LogP contribution in [0.3, 0.4) is 0 Å². The number of thiophene rings is 1. The summed E-state index contributed by atoms with van der Waals surface area (Å²) in [6, 6.07) is 13.0. The lowest BCUT2D eigenvalue weighted by Crippen LogP contribution is -2.22. The van der Waals surface area contributed by atoms with Crippen molar-refractivity contribution in [1.82, 2.24) is 15.0 Å². The van der Waals surface area contributed by atoms with Crippen LogP contribution >= 0.6 is 11.3 Å². The highest BCUT2D eigenvalue weighted by Gasteiger charge is 2.27. The first kappa shape index (κ1) is 14.6. The topological polar surface area (TPSA) is 42.2 Å². The molecule has 4 rings (SSSR count). The van der Waals surface area contributed by atoms with E-state index in [9.17, 15) is 0 Å². The van der Waals surface area contributed by atoms with Gasteiger partial charge in [0.1, 0.15) is 0 Å². The first-order chi connectivity index (χ1) is 11.4. The Balaban J connectivity index is 1.43. The van der Waals surface area contributed by atoms with Gasteiger partial charge < -0.3 is 4.52 Å². The smallest absolute Gasteiger partial charge is 0.240 e. The second-order valence-electron chi connectivity index (χ2n) is 5.95. The van der Waals surface area contributed by atoms with Gasteiger partial charge in [-0.25, -0.2) is 0 Å². The SMILES string of the molecule is c1ccc(Cc2noc(CN3CCCC3c3ccsc3)n2)cc1. The molecule has 2 aromatic heterocycles.